The van der Waals surface area contributed by atoms with Gasteiger partial charge >= 0.3 is 0 Å². The van der Waals surface area contributed by atoms with Gasteiger partial charge in [-0.2, -0.15) is 0 Å². The topological polar surface area (TPSA) is 58.6 Å². The second-order valence-corrected chi connectivity index (χ2v) is 6.76. The van der Waals surface area contributed by atoms with Crippen molar-refractivity contribution in [3.63, 3.8) is 0 Å². The minimum absolute atomic E-state index is 0.0879. The van der Waals surface area contributed by atoms with E-state index in [4.69, 9.17) is 4.74 Å². The van der Waals surface area contributed by atoms with Gasteiger partial charge in [0.1, 0.15) is 17.9 Å². The summed E-state index contributed by atoms with van der Waals surface area (Å²) in [5.74, 6) is -0.133. The van der Waals surface area contributed by atoms with Crippen molar-refractivity contribution in [2.75, 3.05) is 5.01 Å². The molecule has 3 aromatic rings. The maximum atomic E-state index is 12.7. The third kappa shape index (κ3) is 4.04. The summed E-state index contributed by atoms with van der Waals surface area (Å²) in [7, 11) is 0. The fourth-order valence-corrected chi connectivity index (χ4v) is 3.11. The monoisotopic (exact) mass is 384 g/mol. The number of aryl methyl sites for hydroxylation is 1. The van der Waals surface area contributed by atoms with Gasteiger partial charge in [0, 0.05) is 0 Å². The molecule has 1 N–H and O–H groups in total. The van der Waals surface area contributed by atoms with Gasteiger partial charge in [0.2, 0.25) is 0 Å². The van der Waals surface area contributed by atoms with Crippen molar-refractivity contribution in [2.24, 2.45) is 0 Å². The third-order valence-electron chi connectivity index (χ3n) is 4.73. The van der Waals surface area contributed by atoms with Crippen LogP contribution in [0.1, 0.15) is 16.7 Å². The van der Waals surface area contributed by atoms with E-state index in [0.29, 0.717) is 18.0 Å². The number of hydrazine groups is 1. The van der Waals surface area contributed by atoms with Crippen molar-refractivity contribution in [3.8, 4) is 5.75 Å². The highest BCUT2D eigenvalue weighted by molar-refractivity contribution is 6.31. The lowest BCUT2D eigenvalue weighted by atomic mass is 10.1. The Morgan fingerprint density at radius 1 is 0.931 bits per heavy atom. The number of hydrogen-bond donors (Lipinski definition) is 1. The Morgan fingerprint density at radius 3 is 2.48 bits per heavy atom. The highest BCUT2D eigenvalue weighted by Gasteiger charge is 2.34. The van der Waals surface area contributed by atoms with Crippen LogP contribution in [-0.2, 0) is 16.2 Å². The fourth-order valence-electron chi connectivity index (χ4n) is 3.11. The van der Waals surface area contributed by atoms with E-state index >= 15 is 0 Å². The van der Waals surface area contributed by atoms with Crippen molar-refractivity contribution in [2.45, 2.75) is 13.5 Å². The molecule has 1 saturated heterocycles. The summed E-state index contributed by atoms with van der Waals surface area (Å²) in [6, 6.07) is 24.4. The van der Waals surface area contributed by atoms with E-state index in [2.05, 4.69) is 5.43 Å². The van der Waals surface area contributed by atoms with Crippen LogP contribution < -0.4 is 15.2 Å². The summed E-state index contributed by atoms with van der Waals surface area (Å²) in [6.45, 7) is 2.50. The minimum Gasteiger partial charge on any atom is -0.489 e. The maximum Gasteiger partial charge on any atom is 0.282 e. The molecule has 0 aliphatic carbocycles. The zero-order chi connectivity index (χ0) is 20.2. The largest absolute Gasteiger partial charge is 0.489 e. The van der Waals surface area contributed by atoms with Gasteiger partial charge in [0.25, 0.3) is 11.8 Å². The number of ether oxygens (including phenoxy) is 1. The maximum absolute atomic E-state index is 12.7. The number of nitrogens with one attached hydrogen (secondary N) is 1. The molecular formula is C24H20N2O3. The van der Waals surface area contributed by atoms with Gasteiger partial charge in [-0.1, -0.05) is 54.6 Å². The average Bonchev–Trinajstić information content (AvgIpc) is 3.02. The van der Waals surface area contributed by atoms with Gasteiger partial charge in [0.15, 0.2) is 0 Å². The number of rotatable bonds is 5. The van der Waals surface area contributed by atoms with Gasteiger partial charge in [-0.15, -0.1) is 0 Å². The second kappa shape index (κ2) is 8.02. The number of para-hydroxylation sites is 1. The highest BCUT2D eigenvalue weighted by Crippen LogP contribution is 2.23. The summed E-state index contributed by atoms with van der Waals surface area (Å²) < 4.78 is 5.90. The van der Waals surface area contributed by atoms with Crippen molar-refractivity contribution in [1.29, 1.82) is 0 Å². The Hall–Kier alpha value is -3.86. The average molecular weight is 384 g/mol. The molecule has 4 rings (SSSR count). The molecule has 5 nitrogen and oxygen atoms in total. The molecule has 0 aromatic heterocycles. The number of anilines is 1. The van der Waals surface area contributed by atoms with Gasteiger partial charge in [-0.05, 0) is 54.0 Å². The summed E-state index contributed by atoms with van der Waals surface area (Å²) >= 11 is 0. The standard InChI is InChI=1S/C24H20N2O3/c1-17-8-5-6-10-19(17)16-29-21-13-7-9-18(14-21)15-22-23(27)25-26(24(22)28)20-11-3-2-4-12-20/h2-15H,16H2,1H3,(H,25,27). The lowest BCUT2D eigenvalue weighted by molar-refractivity contribution is -0.117. The van der Waals surface area contributed by atoms with E-state index in [-0.39, 0.29) is 11.5 Å². The Morgan fingerprint density at radius 2 is 1.69 bits per heavy atom. The molecule has 0 bridgehead atoms. The van der Waals surface area contributed by atoms with E-state index < -0.39 is 5.91 Å². The summed E-state index contributed by atoms with van der Waals surface area (Å²) in [5.41, 5.74) is 6.31. The summed E-state index contributed by atoms with van der Waals surface area (Å²) in [4.78, 5) is 25.0. The van der Waals surface area contributed by atoms with Crippen molar-refractivity contribution < 1.29 is 14.3 Å². The summed E-state index contributed by atoms with van der Waals surface area (Å²) in [5, 5.41) is 1.26. The first-order valence-corrected chi connectivity index (χ1v) is 9.31. The lowest BCUT2D eigenvalue weighted by Crippen LogP contribution is -2.35. The van der Waals surface area contributed by atoms with Gasteiger partial charge < -0.3 is 4.74 Å². The molecule has 0 spiro atoms. The molecule has 1 aliphatic rings. The van der Waals surface area contributed by atoms with Crippen LogP contribution in [0, 0.1) is 6.92 Å². The number of benzene rings is 3. The SMILES string of the molecule is Cc1ccccc1COc1cccc(C=C2C(=O)NN(c3ccccc3)C2=O)c1. The normalized spacial score (nSPS) is 14.9. The molecule has 5 heteroatoms. The molecule has 1 fully saturated rings. The molecule has 0 unspecified atom stereocenters. The minimum atomic E-state index is -0.426. The molecule has 1 heterocycles. The van der Waals surface area contributed by atoms with Crippen LogP contribution in [0.5, 0.6) is 5.75 Å². The zero-order valence-electron chi connectivity index (χ0n) is 16.0. The Bertz CT molecular complexity index is 1090. The fraction of sp³-hybridized carbons (Fsp3) is 0.0833. The third-order valence-corrected chi connectivity index (χ3v) is 4.73. The van der Waals surface area contributed by atoms with E-state index in [1.807, 2.05) is 73.7 Å². The molecular weight excluding hydrogens is 364 g/mol. The quantitative estimate of drug-likeness (QED) is 0.534. The Balaban J connectivity index is 1.52. The number of nitrogens with zero attached hydrogens (tertiary/aromatic N) is 1. The predicted molar refractivity (Wildman–Crippen MR) is 112 cm³/mol. The van der Waals surface area contributed by atoms with Crippen LogP contribution in [0.25, 0.3) is 6.08 Å². The number of carbonyl (C=O) groups excluding carboxylic acids is 2. The molecule has 0 atom stereocenters. The lowest BCUT2D eigenvalue weighted by Gasteiger charge is -2.13. The smallest absolute Gasteiger partial charge is 0.282 e. The number of carbonyl (C=O) groups is 2. The molecule has 3 aromatic carbocycles. The first-order valence-electron chi connectivity index (χ1n) is 9.31. The molecule has 0 radical (unpaired) electrons. The highest BCUT2D eigenvalue weighted by atomic mass is 16.5. The van der Waals surface area contributed by atoms with Crippen LogP contribution in [0.2, 0.25) is 0 Å². The first-order chi connectivity index (χ1) is 14.1. The van der Waals surface area contributed by atoms with Gasteiger partial charge in [0.05, 0.1) is 5.69 Å². The molecule has 0 saturated carbocycles. The zero-order valence-corrected chi connectivity index (χ0v) is 16.0. The molecule has 2 amide bonds. The van der Waals surface area contributed by atoms with E-state index in [0.717, 1.165) is 11.1 Å². The Kier molecular flexibility index (Phi) is 5.12. The molecule has 144 valence electrons. The van der Waals surface area contributed by atoms with E-state index in [9.17, 15) is 9.59 Å². The van der Waals surface area contributed by atoms with Crippen LogP contribution in [0.3, 0.4) is 0 Å². The van der Waals surface area contributed by atoms with Gasteiger partial charge in [-0.25, -0.2) is 5.01 Å². The first kappa shape index (κ1) is 18.5. The molecule has 29 heavy (non-hydrogen) atoms. The number of amides is 2. The Labute approximate surface area is 169 Å². The van der Waals surface area contributed by atoms with Gasteiger partial charge in [-0.3, -0.25) is 15.0 Å². The second-order valence-electron chi connectivity index (χ2n) is 6.76. The predicted octanol–water partition coefficient (Wildman–Crippen LogP) is 4.04. The van der Waals surface area contributed by atoms with Crippen molar-refractivity contribution in [1.82, 2.24) is 5.43 Å². The van der Waals surface area contributed by atoms with Crippen molar-refractivity contribution >= 4 is 23.6 Å². The van der Waals surface area contributed by atoms with Crippen LogP contribution >= 0.6 is 0 Å². The number of hydrogen-bond acceptors (Lipinski definition) is 3. The summed E-state index contributed by atoms with van der Waals surface area (Å²) in [6.07, 6.45) is 1.58. The van der Waals surface area contributed by atoms with Crippen molar-refractivity contribution in [3.05, 3.63) is 101 Å². The van der Waals surface area contributed by atoms with E-state index in [1.165, 1.54) is 10.6 Å². The molecule has 1 aliphatic heterocycles. The van der Waals surface area contributed by atoms with Crippen LogP contribution in [-0.4, -0.2) is 11.8 Å². The van der Waals surface area contributed by atoms with E-state index in [1.54, 1.807) is 18.2 Å². The van der Waals surface area contributed by atoms with Crippen LogP contribution in [0.15, 0.2) is 84.4 Å². The van der Waals surface area contributed by atoms with Crippen LogP contribution in [0.4, 0.5) is 5.69 Å².